The summed E-state index contributed by atoms with van der Waals surface area (Å²) in [6.45, 7) is 8.98. The highest BCUT2D eigenvalue weighted by Crippen LogP contribution is 2.31. The third kappa shape index (κ3) is 4.97. The highest BCUT2D eigenvalue weighted by molar-refractivity contribution is 7.89. The van der Waals surface area contributed by atoms with Crippen molar-refractivity contribution in [1.29, 1.82) is 0 Å². The Morgan fingerprint density at radius 3 is 2.35 bits per heavy atom. The third-order valence-corrected chi connectivity index (χ3v) is 7.23. The van der Waals surface area contributed by atoms with Crippen molar-refractivity contribution in [3.63, 3.8) is 0 Å². The standard InChI is InChI=1S/C18H28N2O4S.ClH/c1-12-8-13(2)15(4)18(14(12)3)25(23,24)20-7-5-6-16(11-20)9-19-10-17(21)22;/h8,16,19H,5-7,9-11H2,1-4H3,(H,21,22);1H. The lowest BCUT2D eigenvalue weighted by atomic mass is 10.00. The van der Waals surface area contributed by atoms with Crippen LogP contribution in [-0.4, -0.2) is 50.0 Å². The van der Waals surface area contributed by atoms with Gasteiger partial charge in [0, 0.05) is 13.1 Å². The lowest BCUT2D eigenvalue weighted by molar-refractivity contribution is -0.136. The Balaban J connectivity index is 0.00000338. The largest absolute Gasteiger partial charge is 0.480 e. The van der Waals surface area contributed by atoms with Crippen molar-refractivity contribution < 1.29 is 18.3 Å². The van der Waals surface area contributed by atoms with Crippen LogP contribution in [-0.2, 0) is 14.8 Å². The molecule has 1 aliphatic heterocycles. The number of piperidine rings is 1. The molecule has 1 aromatic rings. The van der Waals surface area contributed by atoms with Gasteiger partial charge in [-0.25, -0.2) is 8.42 Å². The first kappa shape index (κ1) is 22.9. The molecule has 0 radical (unpaired) electrons. The molecule has 148 valence electrons. The van der Waals surface area contributed by atoms with Crippen molar-refractivity contribution in [1.82, 2.24) is 9.62 Å². The van der Waals surface area contributed by atoms with Crippen molar-refractivity contribution in [2.45, 2.75) is 45.4 Å². The Labute approximate surface area is 162 Å². The highest BCUT2D eigenvalue weighted by atomic mass is 35.5. The predicted octanol–water partition coefficient (Wildman–Crippen LogP) is 2.42. The zero-order chi connectivity index (χ0) is 18.8. The molecular formula is C18H29ClN2O4S. The minimum absolute atomic E-state index is 0. The first-order valence-corrected chi connectivity index (χ1v) is 10.1. The monoisotopic (exact) mass is 404 g/mol. The Morgan fingerprint density at radius 1 is 1.23 bits per heavy atom. The van der Waals surface area contributed by atoms with Gasteiger partial charge in [0.15, 0.2) is 0 Å². The molecular weight excluding hydrogens is 376 g/mol. The van der Waals surface area contributed by atoms with Crippen LogP contribution in [0.25, 0.3) is 0 Å². The summed E-state index contributed by atoms with van der Waals surface area (Å²) >= 11 is 0. The average Bonchev–Trinajstić information content (AvgIpc) is 2.53. The van der Waals surface area contributed by atoms with Crippen molar-refractivity contribution in [3.8, 4) is 0 Å². The molecule has 1 heterocycles. The average molecular weight is 405 g/mol. The van der Waals surface area contributed by atoms with Crippen molar-refractivity contribution in [3.05, 3.63) is 28.3 Å². The second kappa shape index (κ2) is 9.17. The van der Waals surface area contributed by atoms with Gasteiger partial charge >= 0.3 is 5.97 Å². The molecule has 2 rings (SSSR count). The summed E-state index contributed by atoms with van der Waals surface area (Å²) in [6.07, 6.45) is 1.70. The molecule has 0 saturated carbocycles. The van der Waals surface area contributed by atoms with E-state index >= 15 is 0 Å². The summed E-state index contributed by atoms with van der Waals surface area (Å²) < 4.78 is 28.1. The number of nitrogens with one attached hydrogen (secondary N) is 1. The number of aryl methyl sites for hydroxylation is 2. The third-order valence-electron chi connectivity index (χ3n) is 5.09. The van der Waals surface area contributed by atoms with E-state index in [2.05, 4.69) is 5.32 Å². The van der Waals surface area contributed by atoms with Crippen molar-refractivity contribution in [2.24, 2.45) is 5.92 Å². The quantitative estimate of drug-likeness (QED) is 0.760. The number of hydrogen-bond donors (Lipinski definition) is 2. The minimum atomic E-state index is -3.55. The fraction of sp³-hybridized carbons (Fsp3) is 0.611. The maximum atomic E-state index is 13.3. The smallest absolute Gasteiger partial charge is 0.317 e. The number of carboxylic acids is 1. The van der Waals surface area contributed by atoms with Crippen LogP contribution in [0.15, 0.2) is 11.0 Å². The van der Waals surface area contributed by atoms with Crippen LogP contribution in [0.4, 0.5) is 0 Å². The second-order valence-corrected chi connectivity index (χ2v) is 8.86. The van der Waals surface area contributed by atoms with Crippen LogP contribution in [0.1, 0.15) is 35.1 Å². The van der Waals surface area contributed by atoms with Gasteiger partial charge in [0.05, 0.1) is 11.4 Å². The van der Waals surface area contributed by atoms with E-state index in [1.54, 1.807) is 4.31 Å². The second-order valence-electron chi connectivity index (χ2n) is 6.99. The molecule has 1 saturated heterocycles. The Bertz CT molecular complexity index is 739. The number of hydrogen-bond acceptors (Lipinski definition) is 4. The van der Waals surface area contributed by atoms with Crippen LogP contribution in [0.2, 0.25) is 0 Å². The van der Waals surface area contributed by atoms with Gasteiger partial charge < -0.3 is 10.4 Å². The summed E-state index contributed by atoms with van der Waals surface area (Å²) in [7, 11) is -3.55. The molecule has 0 amide bonds. The fourth-order valence-corrected chi connectivity index (χ4v) is 5.62. The lowest BCUT2D eigenvalue weighted by Crippen LogP contribution is -2.43. The molecule has 1 aromatic carbocycles. The van der Waals surface area contributed by atoms with Gasteiger partial charge in [0.1, 0.15) is 0 Å². The van der Waals surface area contributed by atoms with Crippen molar-refractivity contribution in [2.75, 3.05) is 26.2 Å². The van der Waals surface area contributed by atoms with Gasteiger partial charge in [-0.2, -0.15) is 4.31 Å². The summed E-state index contributed by atoms with van der Waals surface area (Å²) in [4.78, 5) is 11.1. The molecule has 0 aliphatic carbocycles. The molecule has 1 aliphatic rings. The maximum Gasteiger partial charge on any atom is 0.317 e. The zero-order valence-electron chi connectivity index (χ0n) is 15.8. The molecule has 0 bridgehead atoms. The zero-order valence-corrected chi connectivity index (χ0v) is 17.5. The van der Waals surface area contributed by atoms with Gasteiger partial charge in [-0.1, -0.05) is 6.07 Å². The molecule has 2 N–H and O–H groups in total. The van der Waals surface area contributed by atoms with E-state index in [1.165, 1.54) is 0 Å². The maximum absolute atomic E-state index is 13.3. The van der Waals surface area contributed by atoms with E-state index in [0.717, 1.165) is 35.1 Å². The van der Waals surface area contributed by atoms with Crippen LogP contribution in [0.5, 0.6) is 0 Å². The SMILES string of the molecule is Cc1cc(C)c(C)c(S(=O)(=O)N2CCCC(CNCC(=O)O)C2)c1C.Cl. The number of halogens is 1. The summed E-state index contributed by atoms with van der Waals surface area (Å²) in [6, 6.07) is 2.03. The molecule has 8 heteroatoms. The first-order valence-electron chi connectivity index (χ1n) is 8.64. The number of carboxylic acid groups (broad SMARTS) is 1. The number of sulfonamides is 1. The number of carbonyl (C=O) groups is 1. The highest BCUT2D eigenvalue weighted by Gasteiger charge is 2.32. The lowest BCUT2D eigenvalue weighted by Gasteiger charge is -2.33. The van der Waals surface area contributed by atoms with E-state index in [0.29, 0.717) is 24.5 Å². The van der Waals surface area contributed by atoms with Gasteiger partial charge in [-0.3, -0.25) is 4.79 Å². The summed E-state index contributed by atoms with van der Waals surface area (Å²) in [5.41, 5.74) is 3.60. The van der Waals surface area contributed by atoms with Gasteiger partial charge in [0.2, 0.25) is 10.0 Å². The van der Waals surface area contributed by atoms with Gasteiger partial charge in [-0.05, 0) is 75.3 Å². The van der Waals surface area contributed by atoms with Gasteiger partial charge in [-0.15, -0.1) is 12.4 Å². The molecule has 1 atom stereocenters. The minimum Gasteiger partial charge on any atom is -0.480 e. The molecule has 1 unspecified atom stereocenters. The molecule has 1 fully saturated rings. The Hall–Kier alpha value is -1.15. The summed E-state index contributed by atoms with van der Waals surface area (Å²) in [5.74, 6) is -0.767. The topological polar surface area (TPSA) is 86.7 Å². The Morgan fingerprint density at radius 2 is 1.81 bits per heavy atom. The van der Waals surface area contributed by atoms with E-state index in [-0.39, 0.29) is 24.9 Å². The predicted molar refractivity (Wildman–Crippen MR) is 105 cm³/mol. The normalized spacial score (nSPS) is 18.4. The van der Waals surface area contributed by atoms with Crippen LogP contribution < -0.4 is 5.32 Å². The van der Waals surface area contributed by atoms with Crippen LogP contribution in [0.3, 0.4) is 0 Å². The number of benzene rings is 1. The number of rotatable bonds is 6. The van der Waals surface area contributed by atoms with E-state index in [9.17, 15) is 13.2 Å². The first-order chi connectivity index (χ1) is 11.6. The van der Waals surface area contributed by atoms with E-state index in [1.807, 2.05) is 33.8 Å². The van der Waals surface area contributed by atoms with Gasteiger partial charge in [0.25, 0.3) is 0 Å². The molecule has 0 aromatic heterocycles. The molecule has 6 nitrogen and oxygen atoms in total. The van der Waals surface area contributed by atoms with Crippen LogP contribution >= 0.6 is 12.4 Å². The Kier molecular flexibility index (Phi) is 8.07. The van der Waals surface area contributed by atoms with Crippen LogP contribution in [0, 0.1) is 33.6 Å². The van der Waals surface area contributed by atoms with E-state index < -0.39 is 16.0 Å². The number of aliphatic carboxylic acids is 1. The van der Waals surface area contributed by atoms with E-state index in [4.69, 9.17) is 5.11 Å². The molecule has 0 spiro atoms. The molecule has 26 heavy (non-hydrogen) atoms. The summed E-state index contributed by atoms with van der Waals surface area (Å²) in [5, 5.41) is 11.6. The number of nitrogens with zero attached hydrogens (tertiary/aromatic N) is 1. The van der Waals surface area contributed by atoms with Crippen molar-refractivity contribution >= 4 is 28.4 Å². The fourth-order valence-electron chi connectivity index (χ4n) is 3.49.